The molecule has 4 heteroatoms. The molecule has 2 rings (SSSR count). The summed E-state index contributed by atoms with van der Waals surface area (Å²) in [5, 5.41) is 12.9. The smallest absolute Gasteiger partial charge is 0.188 e. The minimum atomic E-state index is 0.295. The van der Waals surface area contributed by atoms with Crippen LogP contribution in [-0.2, 0) is 10.6 Å². The molecular formula is C16H14N2OS. The van der Waals surface area contributed by atoms with Crippen molar-refractivity contribution in [3.63, 3.8) is 0 Å². The van der Waals surface area contributed by atoms with Crippen LogP contribution in [0.15, 0.2) is 64.6 Å². The van der Waals surface area contributed by atoms with Crippen molar-refractivity contribution in [1.29, 1.82) is 5.26 Å². The standard InChI is InChI=1S/C16H14N2OS/c1-19-18-15(11-17)14-9-5-6-10-16(14)20-12-13-7-3-2-4-8-13/h2-10H,12H2,1H3. The molecule has 0 unspecified atom stereocenters. The first-order valence-corrected chi connectivity index (χ1v) is 7.11. The van der Waals surface area contributed by atoms with Crippen LogP contribution in [0.4, 0.5) is 0 Å². The van der Waals surface area contributed by atoms with Crippen molar-refractivity contribution in [3.8, 4) is 6.07 Å². The summed E-state index contributed by atoms with van der Waals surface area (Å²) in [5.41, 5.74) is 2.34. The lowest BCUT2D eigenvalue weighted by Crippen LogP contribution is -2.00. The van der Waals surface area contributed by atoms with Crippen LogP contribution >= 0.6 is 11.8 Å². The second kappa shape index (κ2) is 7.37. The third-order valence-electron chi connectivity index (χ3n) is 2.67. The van der Waals surface area contributed by atoms with Crippen LogP contribution in [0.2, 0.25) is 0 Å². The van der Waals surface area contributed by atoms with Crippen molar-refractivity contribution >= 4 is 17.5 Å². The molecule has 0 N–H and O–H groups in total. The molecule has 0 fully saturated rings. The van der Waals surface area contributed by atoms with E-state index >= 15 is 0 Å². The van der Waals surface area contributed by atoms with E-state index in [1.807, 2.05) is 42.5 Å². The molecular weight excluding hydrogens is 268 g/mol. The van der Waals surface area contributed by atoms with Crippen LogP contribution in [0, 0.1) is 11.3 Å². The number of thioether (sulfide) groups is 1. The Morgan fingerprint density at radius 3 is 2.55 bits per heavy atom. The molecule has 2 aromatic carbocycles. The van der Waals surface area contributed by atoms with Gasteiger partial charge in [-0.25, -0.2) is 0 Å². The molecule has 100 valence electrons. The van der Waals surface area contributed by atoms with Crippen molar-refractivity contribution in [3.05, 3.63) is 65.7 Å². The van der Waals surface area contributed by atoms with Crippen molar-refractivity contribution in [2.24, 2.45) is 5.16 Å². The van der Waals surface area contributed by atoms with Crippen LogP contribution in [0.5, 0.6) is 0 Å². The number of hydrogen-bond donors (Lipinski definition) is 0. The minimum Gasteiger partial charge on any atom is -0.398 e. The van der Waals surface area contributed by atoms with Gasteiger partial charge in [-0.1, -0.05) is 53.7 Å². The lowest BCUT2D eigenvalue weighted by Gasteiger charge is -2.07. The Balaban J connectivity index is 2.20. The molecule has 0 spiro atoms. The molecule has 0 aromatic heterocycles. The van der Waals surface area contributed by atoms with Crippen molar-refractivity contribution in [2.45, 2.75) is 10.6 Å². The fourth-order valence-corrected chi connectivity index (χ4v) is 2.75. The molecule has 2 aromatic rings. The zero-order valence-corrected chi connectivity index (χ0v) is 11.9. The molecule has 0 atom stereocenters. The topological polar surface area (TPSA) is 45.4 Å². The Bertz CT molecular complexity index is 632. The van der Waals surface area contributed by atoms with Gasteiger partial charge in [-0.2, -0.15) is 5.26 Å². The predicted molar refractivity (Wildman–Crippen MR) is 81.6 cm³/mol. The number of hydrogen-bond acceptors (Lipinski definition) is 4. The van der Waals surface area contributed by atoms with E-state index < -0.39 is 0 Å². The summed E-state index contributed by atoms with van der Waals surface area (Å²) in [4.78, 5) is 5.75. The summed E-state index contributed by atoms with van der Waals surface area (Å²) in [6.07, 6.45) is 0. The molecule has 0 bridgehead atoms. The first-order valence-electron chi connectivity index (χ1n) is 6.12. The summed E-state index contributed by atoms with van der Waals surface area (Å²) in [6, 6.07) is 20.0. The van der Waals surface area contributed by atoms with Crippen LogP contribution in [0.25, 0.3) is 0 Å². The molecule has 0 saturated heterocycles. The van der Waals surface area contributed by atoms with E-state index in [2.05, 4.69) is 23.4 Å². The summed E-state index contributed by atoms with van der Waals surface area (Å²) in [7, 11) is 1.44. The molecule has 0 saturated carbocycles. The van der Waals surface area contributed by atoms with Crippen LogP contribution in [-0.4, -0.2) is 12.8 Å². The normalized spacial score (nSPS) is 10.9. The molecule has 0 aliphatic rings. The minimum absolute atomic E-state index is 0.295. The maximum Gasteiger partial charge on any atom is 0.188 e. The first kappa shape index (κ1) is 14.2. The third kappa shape index (κ3) is 3.62. The molecule has 0 heterocycles. The van der Waals surface area contributed by atoms with Gasteiger partial charge in [0, 0.05) is 16.2 Å². The molecule has 20 heavy (non-hydrogen) atoms. The van der Waals surface area contributed by atoms with Gasteiger partial charge in [0.15, 0.2) is 5.71 Å². The van der Waals surface area contributed by atoms with Gasteiger partial charge >= 0.3 is 0 Å². The maximum atomic E-state index is 9.15. The van der Waals surface area contributed by atoms with Crippen LogP contribution in [0.1, 0.15) is 11.1 Å². The van der Waals surface area contributed by atoms with E-state index in [1.54, 1.807) is 11.8 Å². The average Bonchev–Trinajstić information content (AvgIpc) is 2.52. The van der Waals surface area contributed by atoms with E-state index in [1.165, 1.54) is 12.7 Å². The fourth-order valence-electron chi connectivity index (χ4n) is 1.74. The molecule has 0 radical (unpaired) electrons. The zero-order chi connectivity index (χ0) is 14.2. The Morgan fingerprint density at radius 1 is 1.15 bits per heavy atom. The highest BCUT2D eigenvalue weighted by Gasteiger charge is 2.09. The molecule has 0 amide bonds. The van der Waals surface area contributed by atoms with Crippen molar-refractivity contribution < 1.29 is 4.84 Å². The molecule has 0 aliphatic carbocycles. The Kier molecular flexibility index (Phi) is 5.22. The summed E-state index contributed by atoms with van der Waals surface area (Å²) in [5.74, 6) is 0.851. The first-order chi connectivity index (χ1) is 9.85. The van der Waals surface area contributed by atoms with Gasteiger partial charge in [0.05, 0.1) is 0 Å². The summed E-state index contributed by atoms with van der Waals surface area (Å²) < 4.78 is 0. The van der Waals surface area contributed by atoms with Gasteiger partial charge in [0.25, 0.3) is 0 Å². The Morgan fingerprint density at radius 2 is 1.85 bits per heavy atom. The lowest BCUT2D eigenvalue weighted by molar-refractivity contribution is 0.214. The van der Waals surface area contributed by atoms with E-state index in [-0.39, 0.29) is 0 Å². The number of benzene rings is 2. The second-order valence-corrected chi connectivity index (χ2v) is 5.02. The number of nitrogens with zero attached hydrogens (tertiary/aromatic N) is 2. The van der Waals surface area contributed by atoms with Crippen molar-refractivity contribution in [2.75, 3.05) is 7.11 Å². The van der Waals surface area contributed by atoms with E-state index in [0.717, 1.165) is 16.2 Å². The highest BCUT2D eigenvalue weighted by molar-refractivity contribution is 7.98. The summed E-state index contributed by atoms with van der Waals surface area (Å²) >= 11 is 1.68. The van der Waals surface area contributed by atoms with Crippen LogP contribution < -0.4 is 0 Å². The van der Waals surface area contributed by atoms with Gasteiger partial charge in [-0.3, -0.25) is 0 Å². The van der Waals surface area contributed by atoms with Gasteiger partial charge in [0.2, 0.25) is 0 Å². The molecule has 3 nitrogen and oxygen atoms in total. The van der Waals surface area contributed by atoms with E-state index in [9.17, 15) is 0 Å². The number of rotatable bonds is 5. The highest BCUT2D eigenvalue weighted by atomic mass is 32.2. The van der Waals surface area contributed by atoms with Gasteiger partial charge in [0.1, 0.15) is 13.2 Å². The van der Waals surface area contributed by atoms with E-state index in [0.29, 0.717) is 5.71 Å². The SMILES string of the molecule is CON=C(C#N)c1ccccc1SCc1ccccc1. The monoisotopic (exact) mass is 282 g/mol. The Labute approximate surface area is 122 Å². The van der Waals surface area contributed by atoms with Gasteiger partial charge < -0.3 is 4.84 Å². The van der Waals surface area contributed by atoms with Crippen LogP contribution in [0.3, 0.4) is 0 Å². The zero-order valence-electron chi connectivity index (χ0n) is 11.1. The maximum absolute atomic E-state index is 9.15. The van der Waals surface area contributed by atoms with Gasteiger partial charge in [-0.05, 0) is 11.6 Å². The predicted octanol–water partition coefficient (Wildman–Crippen LogP) is 3.85. The van der Waals surface area contributed by atoms with Crippen molar-refractivity contribution in [1.82, 2.24) is 0 Å². The Hall–Kier alpha value is -2.25. The lowest BCUT2D eigenvalue weighted by atomic mass is 10.1. The largest absolute Gasteiger partial charge is 0.398 e. The van der Waals surface area contributed by atoms with E-state index in [4.69, 9.17) is 10.1 Å². The summed E-state index contributed by atoms with van der Waals surface area (Å²) in [6.45, 7) is 0. The number of oxime groups is 1. The quantitative estimate of drug-likeness (QED) is 0.475. The third-order valence-corrected chi connectivity index (χ3v) is 3.81. The average molecular weight is 282 g/mol. The number of nitriles is 1. The fraction of sp³-hybridized carbons (Fsp3) is 0.125. The highest BCUT2D eigenvalue weighted by Crippen LogP contribution is 2.26. The second-order valence-electron chi connectivity index (χ2n) is 4.00. The molecule has 0 aliphatic heterocycles. The van der Waals surface area contributed by atoms with Gasteiger partial charge in [-0.15, -0.1) is 11.8 Å².